The van der Waals surface area contributed by atoms with Crippen molar-refractivity contribution in [3.05, 3.63) is 95.1 Å². The molecule has 1 atom stereocenters. The zero-order chi connectivity index (χ0) is 21.6. The Balaban J connectivity index is 1.50. The average Bonchev–Trinajstić information content (AvgIpc) is 2.82. The Labute approximate surface area is 183 Å². The van der Waals surface area contributed by atoms with Gasteiger partial charge in [-0.25, -0.2) is 0 Å². The number of para-hydroxylation sites is 1. The first-order valence-electron chi connectivity index (χ1n) is 10.9. The molecule has 31 heavy (non-hydrogen) atoms. The molecule has 4 heteroatoms. The lowest BCUT2D eigenvalue weighted by Crippen LogP contribution is -2.33. The van der Waals surface area contributed by atoms with Crippen molar-refractivity contribution in [2.45, 2.75) is 45.1 Å². The molecule has 1 N–H and O–H groups in total. The molecular formula is C27H27NO3. The van der Waals surface area contributed by atoms with E-state index < -0.39 is 6.10 Å². The van der Waals surface area contributed by atoms with Gasteiger partial charge in [0.1, 0.15) is 5.75 Å². The van der Waals surface area contributed by atoms with Crippen LogP contribution >= 0.6 is 0 Å². The molecule has 158 valence electrons. The number of benzene rings is 3. The molecule has 3 aromatic carbocycles. The molecule has 0 heterocycles. The SMILES string of the molecule is CC[C@@H](Oc1ccc2c(c1)CCCC2)C(=O)Nc1ccccc1C(=O)c1ccccc1. The summed E-state index contributed by atoms with van der Waals surface area (Å²) in [5, 5.41) is 2.91. The molecule has 3 aromatic rings. The molecule has 0 unspecified atom stereocenters. The third kappa shape index (κ3) is 4.85. The predicted molar refractivity (Wildman–Crippen MR) is 123 cm³/mol. The number of anilines is 1. The summed E-state index contributed by atoms with van der Waals surface area (Å²) in [4.78, 5) is 25.9. The van der Waals surface area contributed by atoms with Gasteiger partial charge in [-0.3, -0.25) is 9.59 Å². The van der Waals surface area contributed by atoms with Crippen molar-refractivity contribution in [3.8, 4) is 5.75 Å². The first-order chi connectivity index (χ1) is 15.2. The molecule has 4 rings (SSSR count). The Hall–Kier alpha value is -3.40. The lowest BCUT2D eigenvalue weighted by atomic mass is 9.92. The molecule has 1 amide bonds. The molecule has 1 aliphatic rings. The van der Waals surface area contributed by atoms with Crippen LogP contribution in [0.5, 0.6) is 5.75 Å². The quantitative estimate of drug-likeness (QED) is 0.514. The first kappa shape index (κ1) is 20.9. The smallest absolute Gasteiger partial charge is 0.265 e. The van der Waals surface area contributed by atoms with Gasteiger partial charge in [0.05, 0.1) is 5.69 Å². The number of carbonyl (C=O) groups is 2. The third-order valence-electron chi connectivity index (χ3n) is 5.73. The predicted octanol–water partition coefficient (Wildman–Crippen LogP) is 5.59. The number of amides is 1. The number of ether oxygens (including phenoxy) is 1. The van der Waals surface area contributed by atoms with Crippen molar-refractivity contribution in [2.75, 3.05) is 5.32 Å². The number of hydrogen-bond acceptors (Lipinski definition) is 3. The van der Waals surface area contributed by atoms with E-state index in [0.717, 1.165) is 18.6 Å². The standard InChI is InChI=1S/C27H27NO3/c1-2-25(31-22-17-16-19-10-6-7-13-21(19)18-22)27(30)28-24-15-9-8-14-23(24)26(29)20-11-4-3-5-12-20/h3-5,8-9,11-12,14-18,25H,2,6-7,10,13H2,1H3,(H,28,30)/t25-/m1/s1. The highest BCUT2D eigenvalue weighted by atomic mass is 16.5. The number of rotatable bonds is 7. The lowest BCUT2D eigenvalue weighted by Gasteiger charge is -2.21. The largest absolute Gasteiger partial charge is 0.481 e. The Morgan fingerprint density at radius 1 is 0.903 bits per heavy atom. The van der Waals surface area contributed by atoms with Crippen LogP contribution in [0.3, 0.4) is 0 Å². The van der Waals surface area contributed by atoms with Crippen molar-refractivity contribution < 1.29 is 14.3 Å². The van der Waals surface area contributed by atoms with E-state index in [-0.39, 0.29) is 11.7 Å². The van der Waals surface area contributed by atoms with Gasteiger partial charge >= 0.3 is 0 Å². The third-order valence-corrected chi connectivity index (χ3v) is 5.73. The summed E-state index contributed by atoms with van der Waals surface area (Å²) >= 11 is 0. The highest BCUT2D eigenvalue weighted by molar-refractivity contribution is 6.14. The van der Waals surface area contributed by atoms with Gasteiger partial charge in [0.25, 0.3) is 5.91 Å². The van der Waals surface area contributed by atoms with Gasteiger partial charge in [-0.2, -0.15) is 0 Å². The second-order valence-electron chi connectivity index (χ2n) is 7.88. The van der Waals surface area contributed by atoms with Crippen molar-refractivity contribution >= 4 is 17.4 Å². The maximum atomic E-state index is 13.0. The second kappa shape index (κ2) is 9.61. The van der Waals surface area contributed by atoms with E-state index in [9.17, 15) is 9.59 Å². The van der Waals surface area contributed by atoms with Gasteiger partial charge in [0, 0.05) is 11.1 Å². The fraction of sp³-hybridized carbons (Fsp3) is 0.259. The minimum Gasteiger partial charge on any atom is -0.481 e. The summed E-state index contributed by atoms with van der Waals surface area (Å²) < 4.78 is 6.05. The molecule has 1 aliphatic carbocycles. The first-order valence-corrected chi connectivity index (χ1v) is 10.9. The Morgan fingerprint density at radius 2 is 1.61 bits per heavy atom. The molecule has 0 aliphatic heterocycles. The van der Waals surface area contributed by atoms with Crippen molar-refractivity contribution in [3.63, 3.8) is 0 Å². The summed E-state index contributed by atoms with van der Waals surface area (Å²) in [7, 11) is 0. The van der Waals surface area contributed by atoms with Crippen LogP contribution in [0.15, 0.2) is 72.8 Å². The number of ketones is 1. The molecule has 0 spiro atoms. The second-order valence-corrected chi connectivity index (χ2v) is 7.88. The van der Waals surface area contributed by atoms with Gasteiger partial charge in [0.15, 0.2) is 11.9 Å². The van der Waals surface area contributed by atoms with Gasteiger partial charge in [-0.05, 0) is 67.5 Å². The highest BCUT2D eigenvalue weighted by Crippen LogP contribution is 2.27. The van der Waals surface area contributed by atoms with Crippen LogP contribution in [0.1, 0.15) is 53.2 Å². The van der Waals surface area contributed by atoms with E-state index >= 15 is 0 Å². The van der Waals surface area contributed by atoms with E-state index in [1.165, 1.54) is 24.0 Å². The normalized spacial score (nSPS) is 13.7. The van der Waals surface area contributed by atoms with Crippen molar-refractivity contribution in [2.24, 2.45) is 0 Å². The summed E-state index contributed by atoms with van der Waals surface area (Å²) in [6.45, 7) is 1.92. The van der Waals surface area contributed by atoms with Gasteiger partial charge < -0.3 is 10.1 Å². The number of hydrogen-bond donors (Lipinski definition) is 1. The zero-order valence-electron chi connectivity index (χ0n) is 17.8. The van der Waals surface area contributed by atoms with Crippen LogP contribution in [0.4, 0.5) is 5.69 Å². The maximum Gasteiger partial charge on any atom is 0.265 e. The fourth-order valence-electron chi connectivity index (χ4n) is 4.02. The lowest BCUT2D eigenvalue weighted by molar-refractivity contribution is -0.122. The molecule has 0 aromatic heterocycles. The Morgan fingerprint density at radius 3 is 2.39 bits per heavy atom. The highest BCUT2D eigenvalue weighted by Gasteiger charge is 2.22. The van der Waals surface area contributed by atoms with Crippen LogP contribution in [0.2, 0.25) is 0 Å². The van der Waals surface area contributed by atoms with Crippen LogP contribution in [-0.2, 0) is 17.6 Å². The maximum absolute atomic E-state index is 13.0. The molecule has 0 radical (unpaired) electrons. The number of nitrogens with one attached hydrogen (secondary N) is 1. The number of aryl methyl sites for hydroxylation is 2. The summed E-state index contributed by atoms with van der Waals surface area (Å²) in [5.41, 5.74) is 4.24. The van der Waals surface area contributed by atoms with E-state index in [2.05, 4.69) is 17.4 Å². The minimum absolute atomic E-state index is 0.125. The molecule has 0 fully saturated rings. The van der Waals surface area contributed by atoms with Crippen LogP contribution in [0.25, 0.3) is 0 Å². The van der Waals surface area contributed by atoms with Crippen LogP contribution < -0.4 is 10.1 Å². The Kier molecular flexibility index (Phi) is 6.46. The van der Waals surface area contributed by atoms with Gasteiger partial charge in [-0.15, -0.1) is 0 Å². The number of fused-ring (bicyclic) bond motifs is 1. The van der Waals surface area contributed by atoms with E-state index in [4.69, 9.17) is 4.74 Å². The van der Waals surface area contributed by atoms with Crippen LogP contribution in [0, 0.1) is 0 Å². The number of carbonyl (C=O) groups excluding carboxylic acids is 2. The van der Waals surface area contributed by atoms with E-state index in [1.807, 2.05) is 37.3 Å². The monoisotopic (exact) mass is 413 g/mol. The molecular weight excluding hydrogens is 386 g/mol. The van der Waals surface area contributed by atoms with Crippen molar-refractivity contribution in [1.29, 1.82) is 0 Å². The van der Waals surface area contributed by atoms with Crippen LogP contribution in [-0.4, -0.2) is 17.8 Å². The average molecular weight is 414 g/mol. The van der Waals surface area contributed by atoms with Gasteiger partial charge in [0.2, 0.25) is 0 Å². The molecule has 0 saturated heterocycles. The summed E-state index contributed by atoms with van der Waals surface area (Å²) in [5.74, 6) is 0.338. The topological polar surface area (TPSA) is 55.4 Å². The molecule has 0 bridgehead atoms. The van der Waals surface area contributed by atoms with Gasteiger partial charge in [-0.1, -0.05) is 55.5 Å². The molecule has 4 nitrogen and oxygen atoms in total. The summed E-state index contributed by atoms with van der Waals surface area (Å²) in [6.07, 6.45) is 4.48. The minimum atomic E-state index is -0.637. The summed E-state index contributed by atoms with van der Waals surface area (Å²) in [6, 6.07) is 22.3. The van der Waals surface area contributed by atoms with Crippen molar-refractivity contribution in [1.82, 2.24) is 0 Å². The fourth-order valence-corrected chi connectivity index (χ4v) is 4.02. The van der Waals surface area contributed by atoms with E-state index in [0.29, 0.717) is 23.2 Å². The zero-order valence-corrected chi connectivity index (χ0v) is 17.8. The molecule has 0 saturated carbocycles. The van der Waals surface area contributed by atoms with E-state index in [1.54, 1.807) is 30.3 Å². The Bertz CT molecular complexity index is 1070.